The fourth-order valence-electron chi connectivity index (χ4n) is 3.41. The van der Waals surface area contributed by atoms with E-state index in [0.29, 0.717) is 18.5 Å². The Morgan fingerprint density at radius 3 is 2.22 bits per heavy atom. The lowest BCUT2D eigenvalue weighted by Crippen LogP contribution is -2.62. The number of carbonyl (C=O) groups excluding carboxylic acids is 3. The second kappa shape index (κ2) is 7.19. The summed E-state index contributed by atoms with van der Waals surface area (Å²) in [6.45, 7) is 0.0993. The van der Waals surface area contributed by atoms with Crippen LogP contribution in [0.15, 0.2) is 60.7 Å². The number of hydrogen-bond donors (Lipinski definition) is 0. The number of amides is 1. The third-order valence-electron chi connectivity index (χ3n) is 5.06. The van der Waals surface area contributed by atoms with Crippen molar-refractivity contribution in [2.24, 2.45) is 5.41 Å². The summed E-state index contributed by atoms with van der Waals surface area (Å²) >= 11 is 1.47. The number of benzene rings is 2. The van der Waals surface area contributed by atoms with Crippen LogP contribution in [0.1, 0.15) is 23.7 Å². The molecule has 0 bridgehead atoms. The van der Waals surface area contributed by atoms with Crippen molar-refractivity contribution >= 4 is 29.9 Å². The Balaban J connectivity index is 1.61. The average molecular weight is 381 g/mol. The number of β-lactam (4-membered cyclic amide) rings is 1. The number of thioether (sulfide) groups is 1. The number of ether oxygens (including phenoxy) is 1. The first-order valence-corrected chi connectivity index (χ1v) is 9.86. The van der Waals surface area contributed by atoms with Crippen LogP contribution in [0, 0.1) is 5.41 Å². The molecular weight excluding hydrogens is 362 g/mol. The summed E-state index contributed by atoms with van der Waals surface area (Å²) < 4.78 is 5.88. The van der Waals surface area contributed by atoms with Gasteiger partial charge in [0.15, 0.2) is 6.10 Å². The maximum absolute atomic E-state index is 13.1. The van der Waals surface area contributed by atoms with Gasteiger partial charge in [-0.1, -0.05) is 60.7 Å². The zero-order valence-corrected chi connectivity index (χ0v) is 15.4. The fraction of sp³-hybridized carbons (Fsp3) is 0.286. The molecule has 2 aliphatic heterocycles. The maximum Gasteiger partial charge on any atom is 0.322 e. The van der Waals surface area contributed by atoms with Gasteiger partial charge in [0.05, 0.1) is 11.8 Å². The quantitative estimate of drug-likeness (QED) is 0.345. The summed E-state index contributed by atoms with van der Waals surface area (Å²) in [7, 11) is 0. The molecule has 0 aliphatic carbocycles. The summed E-state index contributed by atoms with van der Waals surface area (Å²) in [4.78, 5) is 38.4. The molecule has 2 heterocycles. The highest BCUT2D eigenvalue weighted by molar-refractivity contribution is 8.00. The molecule has 0 saturated carbocycles. The molecule has 138 valence electrons. The maximum atomic E-state index is 13.1. The molecule has 27 heavy (non-hydrogen) atoms. The van der Waals surface area contributed by atoms with E-state index >= 15 is 0 Å². The Morgan fingerprint density at radius 1 is 1.11 bits per heavy atom. The SMILES string of the molecule is O=CC1(C(=O)OC(c2ccccc2)c2ccccc2)CS[C@@H]2CC(=O)N2C1. The first-order chi connectivity index (χ1) is 13.1. The highest BCUT2D eigenvalue weighted by Gasteiger charge is 2.53. The van der Waals surface area contributed by atoms with Crippen LogP contribution in [-0.4, -0.2) is 40.7 Å². The fourth-order valence-corrected chi connectivity index (χ4v) is 4.81. The van der Waals surface area contributed by atoms with Crippen LogP contribution in [0.2, 0.25) is 0 Å². The van der Waals surface area contributed by atoms with Gasteiger partial charge in [0, 0.05) is 12.3 Å². The lowest BCUT2D eigenvalue weighted by Gasteiger charge is -2.48. The van der Waals surface area contributed by atoms with E-state index in [1.807, 2.05) is 60.7 Å². The third kappa shape index (κ3) is 3.25. The van der Waals surface area contributed by atoms with Gasteiger partial charge >= 0.3 is 5.97 Å². The zero-order chi connectivity index (χ0) is 18.9. The molecule has 2 fully saturated rings. The number of carbonyl (C=O) groups is 3. The first-order valence-electron chi connectivity index (χ1n) is 8.81. The van der Waals surface area contributed by atoms with Crippen molar-refractivity contribution in [1.82, 2.24) is 4.90 Å². The predicted octanol–water partition coefficient (Wildman–Crippen LogP) is 2.81. The van der Waals surface area contributed by atoms with E-state index in [2.05, 4.69) is 0 Å². The molecule has 1 unspecified atom stereocenters. The number of rotatable bonds is 5. The van der Waals surface area contributed by atoms with Crippen molar-refractivity contribution in [3.8, 4) is 0 Å². The average Bonchev–Trinajstić information content (AvgIpc) is 2.72. The second-order valence-corrected chi connectivity index (χ2v) is 8.04. The number of aldehydes is 1. The van der Waals surface area contributed by atoms with Crippen LogP contribution in [-0.2, 0) is 19.1 Å². The van der Waals surface area contributed by atoms with E-state index < -0.39 is 17.5 Å². The molecule has 6 heteroatoms. The molecule has 0 spiro atoms. The van der Waals surface area contributed by atoms with Crippen LogP contribution < -0.4 is 0 Å². The normalized spacial score (nSPS) is 24.1. The number of nitrogens with zero attached hydrogens (tertiary/aromatic N) is 1. The van der Waals surface area contributed by atoms with Crippen molar-refractivity contribution in [2.45, 2.75) is 17.9 Å². The predicted molar refractivity (Wildman–Crippen MR) is 102 cm³/mol. The number of esters is 1. The molecule has 2 atom stereocenters. The van der Waals surface area contributed by atoms with Crippen molar-refractivity contribution in [3.05, 3.63) is 71.8 Å². The lowest BCUT2D eigenvalue weighted by atomic mass is 9.89. The Labute approximate surface area is 161 Å². The molecule has 0 aromatic heterocycles. The van der Waals surface area contributed by atoms with Crippen LogP contribution in [0.3, 0.4) is 0 Å². The van der Waals surface area contributed by atoms with Crippen molar-refractivity contribution in [3.63, 3.8) is 0 Å². The van der Waals surface area contributed by atoms with E-state index in [1.165, 1.54) is 11.8 Å². The molecule has 0 N–H and O–H groups in total. The number of hydrogen-bond acceptors (Lipinski definition) is 5. The summed E-state index contributed by atoms with van der Waals surface area (Å²) in [6, 6.07) is 18.9. The molecule has 1 amide bonds. The molecule has 5 nitrogen and oxygen atoms in total. The van der Waals surface area contributed by atoms with Gasteiger partial charge in [0.1, 0.15) is 11.7 Å². The Kier molecular flexibility index (Phi) is 4.74. The Morgan fingerprint density at radius 2 is 1.70 bits per heavy atom. The van der Waals surface area contributed by atoms with Crippen LogP contribution in [0.4, 0.5) is 0 Å². The van der Waals surface area contributed by atoms with E-state index in [1.54, 1.807) is 4.90 Å². The largest absolute Gasteiger partial charge is 0.452 e. The van der Waals surface area contributed by atoms with Gasteiger partial charge in [-0.3, -0.25) is 9.59 Å². The van der Waals surface area contributed by atoms with Crippen molar-refractivity contribution in [1.29, 1.82) is 0 Å². The van der Waals surface area contributed by atoms with Gasteiger partial charge in [0.25, 0.3) is 0 Å². The summed E-state index contributed by atoms with van der Waals surface area (Å²) in [5, 5.41) is 0.0809. The van der Waals surface area contributed by atoms with Gasteiger partial charge in [-0.25, -0.2) is 0 Å². The molecular formula is C21H19NO4S. The highest BCUT2D eigenvalue weighted by atomic mass is 32.2. The standard InChI is InChI=1S/C21H19NO4S/c23-13-21(12-22-17(24)11-18(22)27-14-21)20(25)26-19(15-7-3-1-4-8-15)16-9-5-2-6-10-16/h1-10,13,18-19H,11-12,14H2/t18-,21?/m1/s1. The van der Waals surface area contributed by atoms with Crippen LogP contribution in [0.25, 0.3) is 0 Å². The molecule has 4 rings (SSSR count). The van der Waals surface area contributed by atoms with Gasteiger partial charge in [0.2, 0.25) is 5.91 Å². The summed E-state index contributed by atoms with van der Waals surface area (Å²) in [5.74, 6) is -0.269. The Hall–Kier alpha value is -2.60. The zero-order valence-electron chi connectivity index (χ0n) is 14.6. The van der Waals surface area contributed by atoms with Gasteiger partial charge in [-0.05, 0) is 11.1 Å². The van der Waals surface area contributed by atoms with Gasteiger partial charge < -0.3 is 14.4 Å². The molecule has 0 radical (unpaired) electrons. The minimum absolute atomic E-state index is 0.0195. The summed E-state index contributed by atoms with van der Waals surface area (Å²) in [5.41, 5.74) is 0.345. The minimum Gasteiger partial charge on any atom is -0.452 e. The van der Waals surface area contributed by atoms with E-state index in [4.69, 9.17) is 4.74 Å². The molecule has 2 aromatic carbocycles. The molecule has 2 aromatic rings. The Bertz CT molecular complexity index is 818. The lowest BCUT2D eigenvalue weighted by molar-refractivity contribution is -0.164. The van der Waals surface area contributed by atoms with Crippen LogP contribution >= 0.6 is 11.8 Å². The first kappa shape index (κ1) is 17.8. The van der Waals surface area contributed by atoms with Gasteiger partial charge in [-0.15, -0.1) is 11.8 Å². The topological polar surface area (TPSA) is 63.7 Å². The van der Waals surface area contributed by atoms with E-state index in [-0.39, 0.29) is 17.8 Å². The van der Waals surface area contributed by atoms with Crippen LogP contribution in [0.5, 0.6) is 0 Å². The summed E-state index contributed by atoms with van der Waals surface area (Å²) in [6.07, 6.45) is 0.522. The smallest absolute Gasteiger partial charge is 0.322 e. The minimum atomic E-state index is -1.32. The molecule has 2 saturated heterocycles. The van der Waals surface area contributed by atoms with E-state index in [9.17, 15) is 14.4 Å². The number of fused-ring (bicyclic) bond motifs is 1. The molecule has 2 aliphatic rings. The van der Waals surface area contributed by atoms with E-state index in [0.717, 1.165) is 11.1 Å². The van der Waals surface area contributed by atoms with Crippen molar-refractivity contribution < 1.29 is 19.1 Å². The monoisotopic (exact) mass is 381 g/mol. The van der Waals surface area contributed by atoms with Crippen molar-refractivity contribution in [2.75, 3.05) is 12.3 Å². The highest BCUT2D eigenvalue weighted by Crippen LogP contribution is 2.42. The third-order valence-corrected chi connectivity index (χ3v) is 6.55. The second-order valence-electron chi connectivity index (χ2n) is 6.87. The van der Waals surface area contributed by atoms with Gasteiger partial charge in [-0.2, -0.15) is 0 Å².